The highest BCUT2D eigenvalue weighted by Crippen LogP contribution is 2.47. The van der Waals surface area contributed by atoms with E-state index in [-0.39, 0.29) is 10.9 Å². The Morgan fingerprint density at radius 2 is 1.81 bits per heavy atom. The number of fused-ring (bicyclic) bond motifs is 2. The van der Waals surface area contributed by atoms with Gasteiger partial charge in [0.25, 0.3) is 0 Å². The van der Waals surface area contributed by atoms with Crippen molar-refractivity contribution < 1.29 is 14.2 Å². The molecule has 0 bridgehead atoms. The third kappa shape index (κ3) is 3.32. The predicted octanol–water partition coefficient (Wildman–Crippen LogP) is 6.67. The molecule has 1 aliphatic rings. The molecule has 0 radical (unpaired) electrons. The van der Waals surface area contributed by atoms with E-state index in [0.29, 0.717) is 0 Å². The lowest BCUT2D eigenvalue weighted by molar-refractivity contribution is 0.0325. The predicted molar refractivity (Wildman–Crippen MR) is 115 cm³/mol. The summed E-state index contributed by atoms with van der Waals surface area (Å²) in [4.78, 5) is -0.0389. The van der Waals surface area contributed by atoms with Crippen molar-refractivity contribution in [1.29, 1.82) is 0 Å². The van der Waals surface area contributed by atoms with Crippen LogP contribution in [0.3, 0.4) is 0 Å². The summed E-state index contributed by atoms with van der Waals surface area (Å²) in [6.45, 7) is 4.12. The number of hydrogen-bond donors (Lipinski definition) is 0. The van der Waals surface area contributed by atoms with Crippen molar-refractivity contribution in [3.05, 3.63) is 64.6 Å². The number of rotatable bonds is 3. The van der Waals surface area contributed by atoms with Crippen LogP contribution in [-0.4, -0.2) is 17.5 Å². The minimum absolute atomic E-state index is 0.0389. The van der Waals surface area contributed by atoms with Crippen molar-refractivity contribution in [3.8, 4) is 17.2 Å². The Hall–Kier alpha value is -1.72. The molecule has 0 spiro atoms. The van der Waals surface area contributed by atoms with E-state index < -0.39 is 5.60 Å². The lowest BCUT2D eigenvalue weighted by Gasteiger charge is -2.42. The maximum absolute atomic E-state index is 6.54. The summed E-state index contributed by atoms with van der Waals surface area (Å²) in [6, 6.07) is 18.2. The molecule has 3 aromatic carbocycles. The second-order valence-corrected chi connectivity index (χ2v) is 8.93. The summed E-state index contributed by atoms with van der Waals surface area (Å²) in [5, 5.41) is 2.29. The van der Waals surface area contributed by atoms with E-state index in [9.17, 15) is 0 Å². The summed E-state index contributed by atoms with van der Waals surface area (Å²) < 4.78 is 19.1. The first kappa shape index (κ1) is 18.6. The van der Waals surface area contributed by atoms with Crippen molar-refractivity contribution in [2.45, 2.75) is 30.4 Å². The van der Waals surface area contributed by atoms with Gasteiger partial charge in [-0.05, 0) is 64.8 Å². The topological polar surface area (TPSA) is 27.7 Å². The van der Waals surface area contributed by atoms with Gasteiger partial charge in [0.05, 0.1) is 16.4 Å². The van der Waals surface area contributed by atoms with Crippen LogP contribution in [0.5, 0.6) is 17.2 Å². The van der Waals surface area contributed by atoms with Gasteiger partial charge in [0.2, 0.25) is 0 Å². The minimum atomic E-state index is -0.421. The largest absolute Gasteiger partial charge is 0.497 e. The standard InChI is InChI=1S/C22H20Br2O3/c1-22(2)21(24)20(16-12-14(25-3)9-11-17(16)27-22)26-18-10-8-13-6-4-5-7-15(13)19(18)23/h4-12,20-21H,1-3H3/t20-,21+/m1/s1. The molecule has 0 aromatic heterocycles. The SMILES string of the molecule is COc1ccc2c(c1)[C@@H](Oc1ccc3ccccc3c1Br)[C@H](Br)C(C)(C)O2. The lowest BCUT2D eigenvalue weighted by atomic mass is 9.91. The van der Waals surface area contributed by atoms with E-state index in [1.165, 1.54) is 5.39 Å². The molecule has 0 fully saturated rings. The number of halogens is 2. The molecule has 0 saturated carbocycles. The fourth-order valence-corrected chi connectivity index (χ4v) is 4.47. The van der Waals surface area contributed by atoms with Crippen LogP contribution in [0.15, 0.2) is 59.1 Å². The molecular formula is C22H20Br2O3. The van der Waals surface area contributed by atoms with E-state index in [1.54, 1.807) is 7.11 Å². The van der Waals surface area contributed by atoms with Crippen LogP contribution in [0.4, 0.5) is 0 Å². The first-order valence-corrected chi connectivity index (χ1v) is 10.5. The third-order valence-corrected chi connectivity index (χ3v) is 7.31. The number of methoxy groups -OCH3 is 1. The van der Waals surface area contributed by atoms with Gasteiger partial charge >= 0.3 is 0 Å². The Balaban J connectivity index is 1.80. The average molecular weight is 492 g/mol. The fourth-order valence-electron chi connectivity index (χ4n) is 3.40. The van der Waals surface area contributed by atoms with Crippen molar-refractivity contribution in [1.82, 2.24) is 0 Å². The van der Waals surface area contributed by atoms with Crippen LogP contribution in [0, 0.1) is 0 Å². The number of hydrogen-bond acceptors (Lipinski definition) is 3. The Labute approximate surface area is 175 Å². The van der Waals surface area contributed by atoms with Gasteiger partial charge in [-0.25, -0.2) is 0 Å². The van der Waals surface area contributed by atoms with Crippen LogP contribution < -0.4 is 14.2 Å². The Morgan fingerprint density at radius 1 is 1.04 bits per heavy atom. The number of alkyl halides is 1. The van der Waals surface area contributed by atoms with Crippen LogP contribution in [0.25, 0.3) is 10.8 Å². The van der Waals surface area contributed by atoms with E-state index in [0.717, 1.165) is 32.7 Å². The van der Waals surface area contributed by atoms with E-state index in [1.807, 2.05) is 36.4 Å². The zero-order valence-electron chi connectivity index (χ0n) is 15.3. The maximum atomic E-state index is 6.54. The minimum Gasteiger partial charge on any atom is -0.497 e. The molecule has 140 valence electrons. The van der Waals surface area contributed by atoms with Crippen molar-refractivity contribution in [2.75, 3.05) is 7.11 Å². The molecular weight excluding hydrogens is 472 g/mol. The van der Waals surface area contributed by atoms with Gasteiger partial charge in [0.1, 0.15) is 29.0 Å². The molecule has 2 atom stereocenters. The molecule has 3 nitrogen and oxygen atoms in total. The molecule has 0 amide bonds. The lowest BCUT2D eigenvalue weighted by Crippen LogP contribution is -2.47. The van der Waals surface area contributed by atoms with E-state index >= 15 is 0 Å². The molecule has 4 rings (SSSR count). The first-order valence-electron chi connectivity index (χ1n) is 8.75. The molecule has 0 saturated heterocycles. The summed E-state index contributed by atoms with van der Waals surface area (Å²) in [5.74, 6) is 2.40. The normalized spacial score (nSPS) is 20.6. The van der Waals surface area contributed by atoms with Crippen molar-refractivity contribution in [2.24, 2.45) is 0 Å². The van der Waals surface area contributed by atoms with Gasteiger partial charge < -0.3 is 14.2 Å². The molecule has 0 N–H and O–H groups in total. The molecule has 0 unspecified atom stereocenters. The first-order chi connectivity index (χ1) is 12.9. The van der Waals surface area contributed by atoms with Gasteiger partial charge in [-0.1, -0.05) is 46.3 Å². The molecule has 27 heavy (non-hydrogen) atoms. The third-order valence-electron chi connectivity index (χ3n) is 4.91. The highest BCUT2D eigenvalue weighted by Gasteiger charge is 2.44. The highest BCUT2D eigenvalue weighted by atomic mass is 79.9. The van der Waals surface area contributed by atoms with Gasteiger partial charge in [-0.2, -0.15) is 0 Å². The quantitative estimate of drug-likeness (QED) is 0.383. The van der Waals surface area contributed by atoms with Crippen LogP contribution in [0.2, 0.25) is 0 Å². The molecule has 0 aliphatic carbocycles. The fraction of sp³-hybridized carbons (Fsp3) is 0.273. The Morgan fingerprint density at radius 3 is 2.59 bits per heavy atom. The molecule has 5 heteroatoms. The Bertz CT molecular complexity index is 1000. The smallest absolute Gasteiger partial charge is 0.144 e. The van der Waals surface area contributed by atoms with Gasteiger partial charge in [-0.15, -0.1) is 0 Å². The summed E-state index contributed by atoms with van der Waals surface area (Å²) in [6.07, 6.45) is -0.226. The monoisotopic (exact) mass is 490 g/mol. The Kier molecular flexibility index (Phi) is 4.85. The van der Waals surface area contributed by atoms with Gasteiger partial charge in [0, 0.05) is 5.56 Å². The van der Waals surface area contributed by atoms with Crippen LogP contribution in [-0.2, 0) is 0 Å². The molecule has 1 aliphatic heterocycles. The summed E-state index contributed by atoms with van der Waals surface area (Å²) in [7, 11) is 1.66. The number of benzene rings is 3. The molecule has 1 heterocycles. The highest BCUT2D eigenvalue weighted by molar-refractivity contribution is 9.10. The van der Waals surface area contributed by atoms with Gasteiger partial charge in [0.15, 0.2) is 0 Å². The van der Waals surface area contributed by atoms with Gasteiger partial charge in [-0.3, -0.25) is 0 Å². The zero-order valence-corrected chi connectivity index (χ0v) is 18.5. The van der Waals surface area contributed by atoms with E-state index in [2.05, 4.69) is 63.9 Å². The maximum Gasteiger partial charge on any atom is 0.144 e. The van der Waals surface area contributed by atoms with Crippen molar-refractivity contribution >= 4 is 42.6 Å². The zero-order chi connectivity index (χ0) is 19.2. The van der Waals surface area contributed by atoms with E-state index in [4.69, 9.17) is 14.2 Å². The second kappa shape index (κ2) is 7.02. The molecule has 3 aromatic rings. The average Bonchev–Trinajstić information content (AvgIpc) is 2.67. The van der Waals surface area contributed by atoms with Crippen LogP contribution >= 0.6 is 31.9 Å². The van der Waals surface area contributed by atoms with Crippen molar-refractivity contribution in [3.63, 3.8) is 0 Å². The summed E-state index contributed by atoms with van der Waals surface area (Å²) >= 11 is 7.55. The van der Waals surface area contributed by atoms with Crippen LogP contribution in [0.1, 0.15) is 25.5 Å². The number of ether oxygens (including phenoxy) is 3. The summed E-state index contributed by atoms with van der Waals surface area (Å²) in [5.41, 5.74) is 0.547. The second-order valence-electron chi connectivity index (χ2n) is 7.15.